The maximum Gasteiger partial charge on any atom is 0.254 e. The highest BCUT2D eigenvalue weighted by Gasteiger charge is 2.73. The number of fused-ring (bicyclic) bond motifs is 1. The first-order chi connectivity index (χ1) is 16.5. The first kappa shape index (κ1) is 19.7. The number of aromatic hydroxyl groups is 1. The van der Waals surface area contributed by atoms with Gasteiger partial charge in [-0.2, -0.15) is 0 Å². The summed E-state index contributed by atoms with van der Waals surface area (Å²) in [7, 11) is 0. The van der Waals surface area contributed by atoms with Crippen LogP contribution in [0.4, 0.5) is 0 Å². The predicted molar refractivity (Wildman–Crippen MR) is 125 cm³/mol. The van der Waals surface area contributed by atoms with Gasteiger partial charge in [-0.15, -0.1) is 0 Å². The third kappa shape index (κ3) is 2.22. The summed E-state index contributed by atoms with van der Waals surface area (Å²) in [4.78, 5) is 18.0. The van der Waals surface area contributed by atoms with Crippen molar-refractivity contribution in [3.63, 3.8) is 0 Å². The molecule has 34 heavy (non-hydrogen) atoms. The van der Waals surface area contributed by atoms with E-state index in [0.29, 0.717) is 25.1 Å². The minimum Gasteiger partial charge on any atom is -0.504 e. The number of carbonyl (C=O) groups excluding carboxylic acids is 1. The lowest BCUT2D eigenvalue weighted by Gasteiger charge is -2.64. The minimum atomic E-state index is -0.914. The molecule has 2 saturated carbocycles. The van der Waals surface area contributed by atoms with E-state index >= 15 is 0 Å². The van der Waals surface area contributed by atoms with Crippen LogP contribution in [-0.4, -0.2) is 62.8 Å². The fraction of sp³-hybridized carbons (Fsp3) is 0.536. The number of benzene rings is 2. The molecular formula is C28H30N2O4. The molecule has 0 aromatic heterocycles. The maximum atomic E-state index is 13.5. The summed E-state index contributed by atoms with van der Waals surface area (Å²) < 4.78 is 6.65. The van der Waals surface area contributed by atoms with Crippen LogP contribution >= 0.6 is 0 Å². The molecule has 6 nitrogen and oxygen atoms in total. The van der Waals surface area contributed by atoms with Crippen LogP contribution in [-0.2, 0) is 18.4 Å². The molecule has 1 saturated heterocycles. The van der Waals surface area contributed by atoms with Crippen LogP contribution in [0, 0.1) is 5.92 Å². The molecule has 2 bridgehead atoms. The number of amides is 1. The second kappa shape index (κ2) is 6.35. The fourth-order valence-electron chi connectivity index (χ4n) is 8.32. The van der Waals surface area contributed by atoms with Gasteiger partial charge in [0.05, 0.1) is 17.1 Å². The van der Waals surface area contributed by atoms with Gasteiger partial charge in [-0.05, 0) is 74.2 Å². The Bertz CT molecular complexity index is 1240. The number of aliphatic hydroxyl groups is 1. The lowest BCUT2D eigenvalue weighted by molar-refractivity contribution is -0.198. The number of likely N-dealkylation sites (tertiary alicyclic amines) is 1. The Morgan fingerprint density at radius 1 is 1.06 bits per heavy atom. The summed E-state index contributed by atoms with van der Waals surface area (Å²) in [5.41, 5.74) is 2.56. The Balaban J connectivity index is 1.26. The molecule has 1 amide bonds. The first-order valence-corrected chi connectivity index (χ1v) is 12.9. The number of hydrogen-bond donors (Lipinski definition) is 2. The van der Waals surface area contributed by atoms with Gasteiger partial charge in [0.15, 0.2) is 11.5 Å². The third-order valence-electron chi connectivity index (χ3n) is 9.98. The highest BCUT2D eigenvalue weighted by Crippen LogP contribution is 2.66. The lowest BCUT2D eigenvalue weighted by atomic mass is 9.48. The summed E-state index contributed by atoms with van der Waals surface area (Å²) in [6.07, 6.45) is 5.20. The van der Waals surface area contributed by atoms with Gasteiger partial charge >= 0.3 is 0 Å². The second-order valence-corrected chi connectivity index (χ2v) is 11.5. The van der Waals surface area contributed by atoms with E-state index in [-0.39, 0.29) is 29.8 Å². The average Bonchev–Trinajstić information content (AvgIpc) is 3.49. The van der Waals surface area contributed by atoms with Crippen LogP contribution in [0.5, 0.6) is 11.5 Å². The first-order valence-electron chi connectivity index (χ1n) is 12.9. The smallest absolute Gasteiger partial charge is 0.254 e. The Morgan fingerprint density at radius 3 is 2.74 bits per heavy atom. The predicted octanol–water partition coefficient (Wildman–Crippen LogP) is 2.98. The molecule has 3 aliphatic carbocycles. The molecule has 1 unspecified atom stereocenters. The van der Waals surface area contributed by atoms with E-state index < -0.39 is 11.0 Å². The Kier molecular flexibility index (Phi) is 3.68. The molecule has 6 heteroatoms. The zero-order valence-corrected chi connectivity index (χ0v) is 19.2. The third-order valence-corrected chi connectivity index (χ3v) is 9.98. The van der Waals surface area contributed by atoms with Crippen molar-refractivity contribution in [2.45, 2.75) is 74.3 Å². The van der Waals surface area contributed by atoms with Gasteiger partial charge in [0.1, 0.15) is 6.10 Å². The van der Waals surface area contributed by atoms with Crippen LogP contribution in [0.3, 0.4) is 0 Å². The Labute approximate surface area is 199 Å². The molecule has 2 aromatic carbocycles. The number of phenolic OH excluding ortho intramolecular Hbond substituents is 1. The molecule has 1 spiro atoms. The summed E-state index contributed by atoms with van der Waals surface area (Å²) in [6, 6.07) is 11.6. The number of phenols is 1. The van der Waals surface area contributed by atoms with E-state index in [1.165, 1.54) is 18.4 Å². The molecule has 3 aliphatic heterocycles. The Hall–Kier alpha value is -2.57. The van der Waals surface area contributed by atoms with E-state index in [0.717, 1.165) is 48.5 Å². The van der Waals surface area contributed by atoms with Gasteiger partial charge in [-0.25, -0.2) is 0 Å². The average molecular weight is 459 g/mol. The number of hydrogen-bond acceptors (Lipinski definition) is 5. The van der Waals surface area contributed by atoms with Crippen LogP contribution in [0.15, 0.2) is 36.4 Å². The van der Waals surface area contributed by atoms with Crippen molar-refractivity contribution in [2.24, 2.45) is 5.92 Å². The van der Waals surface area contributed by atoms with E-state index in [1.807, 2.05) is 35.2 Å². The highest BCUT2D eigenvalue weighted by molar-refractivity contribution is 5.98. The molecule has 2 aromatic rings. The molecule has 0 radical (unpaired) electrons. The maximum absolute atomic E-state index is 13.5. The number of carbonyl (C=O) groups is 1. The zero-order chi connectivity index (χ0) is 22.8. The van der Waals surface area contributed by atoms with Crippen LogP contribution < -0.4 is 4.74 Å². The quantitative estimate of drug-likeness (QED) is 0.740. The van der Waals surface area contributed by atoms with Crippen molar-refractivity contribution < 1.29 is 19.7 Å². The van der Waals surface area contributed by atoms with Gasteiger partial charge in [0, 0.05) is 30.3 Å². The van der Waals surface area contributed by atoms with Crippen molar-refractivity contribution in [1.29, 1.82) is 0 Å². The van der Waals surface area contributed by atoms with Gasteiger partial charge in [-0.3, -0.25) is 9.69 Å². The molecule has 5 atom stereocenters. The summed E-state index contributed by atoms with van der Waals surface area (Å²) in [5.74, 6) is 1.52. The van der Waals surface area contributed by atoms with Crippen molar-refractivity contribution in [3.05, 3.63) is 58.7 Å². The fourth-order valence-corrected chi connectivity index (χ4v) is 8.32. The second-order valence-electron chi connectivity index (χ2n) is 11.5. The van der Waals surface area contributed by atoms with Gasteiger partial charge in [0.25, 0.3) is 5.91 Å². The number of piperidine rings is 1. The van der Waals surface area contributed by atoms with Crippen molar-refractivity contribution in [3.8, 4) is 11.5 Å². The van der Waals surface area contributed by atoms with Crippen LogP contribution in [0.25, 0.3) is 0 Å². The number of ether oxygens (including phenoxy) is 1. The van der Waals surface area contributed by atoms with Gasteiger partial charge < -0.3 is 19.8 Å². The molecule has 8 rings (SSSR count). The van der Waals surface area contributed by atoms with Crippen LogP contribution in [0.1, 0.15) is 59.2 Å². The standard InChI is InChI=1S/C28H30N2O4/c31-21-8-7-17-13-22-28(33)10-9-20(30-15-18-3-1-2-4-19(18)26(30)32)25-27(28,23(17)24(21)34-25)11-12-29(22)14-16-5-6-16/h1-4,7-8,16,20,22,25,31,33H,5-6,9-15H2/t20-,22-,25+,27+,28?/m1/s1. The summed E-state index contributed by atoms with van der Waals surface area (Å²) in [6.45, 7) is 2.58. The van der Waals surface area contributed by atoms with Gasteiger partial charge in [-0.1, -0.05) is 24.3 Å². The molecule has 3 heterocycles. The minimum absolute atomic E-state index is 0.0587. The van der Waals surface area contributed by atoms with Crippen molar-refractivity contribution in [2.75, 3.05) is 13.1 Å². The zero-order valence-electron chi connectivity index (χ0n) is 19.2. The lowest BCUT2D eigenvalue weighted by Crippen LogP contribution is -2.78. The van der Waals surface area contributed by atoms with E-state index in [4.69, 9.17) is 4.74 Å². The largest absolute Gasteiger partial charge is 0.504 e. The normalized spacial score (nSPS) is 37.4. The van der Waals surface area contributed by atoms with E-state index in [2.05, 4.69) is 4.90 Å². The SMILES string of the molecule is O=C1c2ccccc2CN1[C@@H]1CCC2(O)[C@H]3Cc4ccc(O)c5c4[C@@]2(CCN3CC2CC2)[C@H]1O5. The monoisotopic (exact) mass is 458 g/mol. The molecule has 176 valence electrons. The van der Waals surface area contributed by atoms with E-state index in [1.54, 1.807) is 6.07 Å². The number of nitrogens with zero attached hydrogens (tertiary/aromatic N) is 2. The molecule has 3 fully saturated rings. The summed E-state index contributed by atoms with van der Waals surface area (Å²) in [5, 5.41) is 23.4. The topological polar surface area (TPSA) is 73.2 Å². The van der Waals surface area contributed by atoms with Crippen LogP contribution in [0.2, 0.25) is 0 Å². The molecule has 6 aliphatic rings. The number of rotatable bonds is 3. The van der Waals surface area contributed by atoms with Crippen molar-refractivity contribution in [1.82, 2.24) is 9.80 Å². The van der Waals surface area contributed by atoms with Crippen molar-refractivity contribution >= 4 is 5.91 Å². The molecular weight excluding hydrogens is 428 g/mol. The van der Waals surface area contributed by atoms with E-state index in [9.17, 15) is 15.0 Å². The highest BCUT2D eigenvalue weighted by atomic mass is 16.5. The summed E-state index contributed by atoms with van der Waals surface area (Å²) >= 11 is 0. The Morgan fingerprint density at radius 2 is 1.91 bits per heavy atom. The molecule has 2 N–H and O–H groups in total. The van der Waals surface area contributed by atoms with Gasteiger partial charge in [0.2, 0.25) is 0 Å².